The first-order valence-corrected chi connectivity index (χ1v) is 9.82. The van der Waals surface area contributed by atoms with Crippen LogP contribution in [0.5, 0.6) is 0 Å². The summed E-state index contributed by atoms with van der Waals surface area (Å²) in [4.78, 5) is 17.4. The van der Waals surface area contributed by atoms with Crippen LogP contribution in [0.1, 0.15) is 38.7 Å². The van der Waals surface area contributed by atoms with Crippen LogP contribution in [0.3, 0.4) is 0 Å². The third kappa shape index (κ3) is 3.00. The van der Waals surface area contributed by atoms with E-state index in [0.717, 1.165) is 38.9 Å². The third-order valence-corrected chi connectivity index (χ3v) is 6.45. The minimum atomic E-state index is -0.312. The van der Waals surface area contributed by atoms with E-state index >= 15 is 0 Å². The van der Waals surface area contributed by atoms with Crippen LogP contribution in [0.25, 0.3) is 0 Å². The SMILES string of the molecule is CC(C)C1COC23CCN(CCc4ccccc4)CC2CCC(=O)N13. The molecule has 0 radical (unpaired) electrons. The molecule has 3 unspecified atom stereocenters. The molecule has 0 aromatic heterocycles. The average Bonchev–Trinajstić information content (AvgIpc) is 3.02. The zero-order valence-electron chi connectivity index (χ0n) is 15.5. The van der Waals surface area contributed by atoms with Gasteiger partial charge in [-0.1, -0.05) is 44.2 Å². The highest BCUT2D eigenvalue weighted by Crippen LogP contribution is 2.47. The number of carbonyl (C=O) groups is 1. The van der Waals surface area contributed by atoms with Gasteiger partial charge in [-0.2, -0.15) is 0 Å². The topological polar surface area (TPSA) is 32.8 Å². The van der Waals surface area contributed by atoms with Crippen LogP contribution in [0.2, 0.25) is 0 Å². The van der Waals surface area contributed by atoms with Gasteiger partial charge >= 0.3 is 0 Å². The van der Waals surface area contributed by atoms with Crippen LogP contribution in [-0.2, 0) is 16.0 Å². The van der Waals surface area contributed by atoms with Gasteiger partial charge in [0.2, 0.25) is 5.91 Å². The molecule has 1 amide bonds. The quantitative estimate of drug-likeness (QED) is 0.843. The second-order valence-electron chi connectivity index (χ2n) is 8.25. The maximum Gasteiger partial charge on any atom is 0.225 e. The Bertz CT molecular complexity index is 618. The van der Waals surface area contributed by atoms with Crippen molar-refractivity contribution >= 4 is 5.91 Å². The Morgan fingerprint density at radius 3 is 2.84 bits per heavy atom. The molecule has 3 aliphatic rings. The molecule has 25 heavy (non-hydrogen) atoms. The van der Waals surface area contributed by atoms with Crippen molar-refractivity contribution < 1.29 is 9.53 Å². The summed E-state index contributed by atoms with van der Waals surface area (Å²) in [7, 11) is 0. The van der Waals surface area contributed by atoms with Crippen molar-refractivity contribution in [2.75, 3.05) is 26.2 Å². The standard InChI is InChI=1S/C21H30N2O2/c1-16(2)19-15-25-21-11-13-22(12-10-17-6-4-3-5-7-17)14-18(21)8-9-20(24)23(19)21/h3-7,16,18-19H,8-15H2,1-2H3. The molecule has 0 saturated carbocycles. The smallest absolute Gasteiger partial charge is 0.225 e. The van der Waals surface area contributed by atoms with Crippen LogP contribution in [0, 0.1) is 11.8 Å². The van der Waals surface area contributed by atoms with E-state index in [1.54, 1.807) is 0 Å². The van der Waals surface area contributed by atoms with Crippen molar-refractivity contribution in [1.29, 1.82) is 0 Å². The molecule has 4 nitrogen and oxygen atoms in total. The van der Waals surface area contributed by atoms with Crippen molar-refractivity contribution in [3.8, 4) is 0 Å². The zero-order valence-corrected chi connectivity index (χ0v) is 15.5. The molecule has 4 heteroatoms. The lowest BCUT2D eigenvalue weighted by molar-refractivity contribution is -0.192. The normalized spacial score (nSPS) is 32.8. The van der Waals surface area contributed by atoms with Gasteiger partial charge < -0.3 is 14.5 Å². The highest BCUT2D eigenvalue weighted by molar-refractivity contribution is 5.78. The molecule has 0 N–H and O–H groups in total. The van der Waals surface area contributed by atoms with Crippen molar-refractivity contribution in [2.45, 2.75) is 51.3 Å². The molecule has 3 aliphatic heterocycles. The molecular formula is C21H30N2O2. The second-order valence-corrected chi connectivity index (χ2v) is 8.25. The van der Waals surface area contributed by atoms with E-state index < -0.39 is 0 Å². The number of likely N-dealkylation sites (tertiary alicyclic amines) is 1. The largest absolute Gasteiger partial charge is 0.353 e. The van der Waals surface area contributed by atoms with E-state index in [-0.39, 0.29) is 11.8 Å². The minimum absolute atomic E-state index is 0.256. The van der Waals surface area contributed by atoms with E-state index in [1.807, 2.05) is 0 Å². The molecule has 4 rings (SSSR count). The predicted molar refractivity (Wildman–Crippen MR) is 98.1 cm³/mol. The summed E-state index contributed by atoms with van der Waals surface area (Å²) in [6.45, 7) is 8.30. The highest BCUT2D eigenvalue weighted by atomic mass is 16.5. The molecule has 1 aromatic carbocycles. The molecule has 3 heterocycles. The molecule has 0 aliphatic carbocycles. The van der Waals surface area contributed by atoms with E-state index in [1.165, 1.54) is 5.56 Å². The van der Waals surface area contributed by atoms with E-state index in [4.69, 9.17) is 4.74 Å². The monoisotopic (exact) mass is 342 g/mol. The lowest BCUT2D eigenvalue weighted by Gasteiger charge is -2.53. The van der Waals surface area contributed by atoms with Gasteiger partial charge in [-0.3, -0.25) is 4.79 Å². The lowest BCUT2D eigenvalue weighted by Crippen LogP contribution is -2.65. The fourth-order valence-corrected chi connectivity index (χ4v) is 4.99. The Kier molecular flexibility index (Phi) is 4.59. The summed E-state index contributed by atoms with van der Waals surface area (Å²) in [5.41, 5.74) is 1.09. The Morgan fingerprint density at radius 2 is 2.08 bits per heavy atom. The van der Waals surface area contributed by atoms with Gasteiger partial charge in [-0.25, -0.2) is 0 Å². The maximum atomic E-state index is 12.7. The van der Waals surface area contributed by atoms with Crippen molar-refractivity contribution in [2.24, 2.45) is 11.8 Å². The molecule has 1 spiro atoms. The molecule has 136 valence electrons. The number of nitrogens with zero attached hydrogens (tertiary/aromatic N) is 2. The van der Waals surface area contributed by atoms with Gasteiger partial charge in [0.25, 0.3) is 0 Å². The van der Waals surface area contributed by atoms with Crippen LogP contribution in [-0.4, -0.2) is 53.7 Å². The van der Waals surface area contributed by atoms with Crippen LogP contribution < -0.4 is 0 Å². The number of rotatable bonds is 4. The molecular weight excluding hydrogens is 312 g/mol. The van der Waals surface area contributed by atoms with E-state index in [0.29, 0.717) is 30.8 Å². The van der Waals surface area contributed by atoms with Crippen LogP contribution in [0.4, 0.5) is 0 Å². The first kappa shape index (κ1) is 17.0. The summed E-state index contributed by atoms with van der Waals surface area (Å²) in [6.07, 6.45) is 3.72. The summed E-state index contributed by atoms with van der Waals surface area (Å²) in [5, 5.41) is 0. The van der Waals surface area contributed by atoms with Crippen molar-refractivity contribution in [1.82, 2.24) is 9.80 Å². The average molecular weight is 342 g/mol. The Balaban J connectivity index is 1.44. The van der Waals surface area contributed by atoms with Crippen LogP contribution in [0.15, 0.2) is 30.3 Å². The fourth-order valence-electron chi connectivity index (χ4n) is 4.99. The summed E-state index contributed by atoms with van der Waals surface area (Å²) in [5.74, 6) is 1.22. The van der Waals surface area contributed by atoms with Crippen LogP contribution >= 0.6 is 0 Å². The number of hydrogen-bond acceptors (Lipinski definition) is 3. The Morgan fingerprint density at radius 1 is 1.28 bits per heavy atom. The number of hydrogen-bond donors (Lipinski definition) is 0. The van der Waals surface area contributed by atoms with Gasteiger partial charge in [0.15, 0.2) is 0 Å². The van der Waals surface area contributed by atoms with Gasteiger partial charge in [0, 0.05) is 38.4 Å². The zero-order chi connectivity index (χ0) is 17.4. The molecule has 1 aromatic rings. The van der Waals surface area contributed by atoms with E-state index in [2.05, 4.69) is 54.0 Å². The molecule has 3 fully saturated rings. The van der Waals surface area contributed by atoms with Gasteiger partial charge in [-0.15, -0.1) is 0 Å². The number of carbonyl (C=O) groups excluding carboxylic acids is 1. The summed E-state index contributed by atoms with van der Waals surface area (Å²) in [6, 6.07) is 11.0. The number of piperidine rings is 2. The first-order chi connectivity index (χ1) is 12.1. The van der Waals surface area contributed by atoms with Gasteiger partial charge in [-0.05, 0) is 24.3 Å². The molecule has 3 atom stereocenters. The fraction of sp³-hybridized carbons (Fsp3) is 0.667. The molecule has 3 saturated heterocycles. The maximum absolute atomic E-state index is 12.7. The predicted octanol–water partition coefficient (Wildman–Crippen LogP) is 2.92. The Labute approximate surface area is 151 Å². The van der Waals surface area contributed by atoms with Gasteiger partial charge in [0.1, 0.15) is 5.72 Å². The van der Waals surface area contributed by atoms with Crippen molar-refractivity contribution in [3.05, 3.63) is 35.9 Å². The summed E-state index contributed by atoms with van der Waals surface area (Å²) >= 11 is 0. The second kappa shape index (κ2) is 6.73. The molecule has 0 bridgehead atoms. The highest BCUT2D eigenvalue weighted by Gasteiger charge is 2.58. The Hall–Kier alpha value is -1.39. The third-order valence-electron chi connectivity index (χ3n) is 6.45. The first-order valence-electron chi connectivity index (χ1n) is 9.82. The lowest BCUT2D eigenvalue weighted by atomic mass is 9.79. The number of ether oxygens (including phenoxy) is 1. The van der Waals surface area contributed by atoms with E-state index in [9.17, 15) is 4.79 Å². The summed E-state index contributed by atoms with van der Waals surface area (Å²) < 4.78 is 6.38. The van der Waals surface area contributed by atoms with Gasteiger partial charge in [0.05, 0.1) is 12.6 Å². The number of benzene rings is 1. The van der Waals surface area contributed by atoms with Crippen molar-refractivity contribution in [3.63, 3.8) is 0 Å². The minimum Gasteiger partial charge on any atom is -0.353 e. The number of amides is 1.